The highest BCUT2D eigenvalue weighted by Crippen LogP contribution is 2.44. The molecule has 2 amide bonds. The Morgan fingerprint density at radius 2 is 1.66 bits per heavy atom. The highest BCUT2D eigenvalue weighted by Gasteiger charge is 2.32. The fraction of sp³-hybridized carbons (Fsp3) is 0.320. The van der Waals surface area contributed by atoms with Crippen molar-refractivity contribution in [2.75, 3.05) is 13.2 Å². The molecule has 166 valence electrons. The van der Waals surface area contributed by atoms with E-state index in [1.807, 2.05) is 24.3 Å². The van der Waals surface area contributed by atoms with Crippen LogP contribution in [0.4, 0.5) is 4.79 Å². The van der Waals surface area contributed by atoms with Gasteiger partial charge >= 0.3 is 12.1 Å². The Morgan fingerprint density at radius 3 is 2.31 bits per heavy atom. The molecular formula is C25H26N2O5. The van der Waals surface area contributed by atoms with E-state index >= 15 is 0 Å². The Kier molecular flexibility index (Phi) is 6.54. The number of carbonyl (C=O) groups excluding carboxylic acids is 2. The summed E-state index contributed by atoms with van der Waals surface area (Å²) in [5.74, 6) is -1.37. The van der Waals surface area contributed by atoms with Crippen LogP contribution in [-0.2, 0) is 14.3 Å². The first-order chi connectivity index (χ1) is 15.5. The van der Waals surface area contributed by atoms with E-state index in [0.29, 0.717) is 19.3 Å². The SMILES string of the molecule is O=C(O)/C=C/CNC(=O)[C@@H]1CC[C@H](NC(=O)OCC2c3ccccc3-c3ccccc32)C1. The van der Waals surface area contributed by atoms with Crippen molar-refractivity contribution in [3.8, 4) is 11.1 Å². The van der Waals surface area contributed by atoms with Crippen LogP contribution in [0.5, 0.6) is 0 Å². The number of alkyl carbamates (subject to hydrolysis) is 1. The Balaban J connectivity index is 1.26. The Hall–Kier alpha value is -3.61. The molecule has 2 aliphatic carbocycles. The number of carboxylic acid groups (broad SMARTS) is 1. The van der Waals surface area contributed by atoms with Crippen molar-refractivity contribution in [1.29, 1.82) is 0 Å². The molecule has 0 aliphatic heterocycles. The van der Waals surface area contributed by atoms with Gasteiger partial charge in [0.1, 0.15) is 6.61 Å². The minimum absolute atomic E-state index is 0.00844. The van der Waals surface area contributed by atoms with Crippen molar-refractivity contribution in [3.05, 3.63) is 71.8 Å². The topological polar surface area (TPSA) is 105 Å². The lowest BCUT2D eigenvalue weighted by Crippen LogP contribution is -2.35. The summed E-state index contributed by atoms with van der Waals surface area (Å²) in [7, 11) is 0. The molecule has 2 aliphatic rings. The number of hydrogen-bond acceptors (Lipinski definition) is 4. The van der Waals surface area contributed by atoms with Gasteiger partial charge < -0.3 is 20.5 Å². The van der Waals surface area contributed by atoms with Gasteiger partial charge in [0.2, 0.25) is 5.91 Å². The third-order valence-corrected chi connectivity index (χ3v) is 6.12. The summed E-state index contributed by atoms with van der Waals surface area (Å²) in [4.78, 5) is 35.1. The molecule has 0 unspecified atom stereocenters. The van der Waals surface area contributed by atoms with Gasteiger partial charge in [-0.15, -0.1) is 0 Å². The van der Waals surface area contributed by atoms with Gasteiger partial charge in [-0.2, -0.15) is 0 Å². The molecule has 1 fully saturated rings. The van der Waals surface area contributed by atoms with Gasteiger partial charge in [-0.05, 0) is 41.5 Å². The number of carbonyl (C=O) groups is 3. The lowest BCUT2D eigenvalue weighted by molar-refractivity contribution is -0.131. The highest BCUT2D eigenvalue weighted by atomic mass is 16.5. The smallest absolute Gasteiger partial charge is 0.407 e. The number of fused-ring (bicyclic) bond motifs is 3. The van der Waals surface area contributed by atoms with Crippen molar-refractivity contribution in [1.82, 2.24) is 10.6 Å². The summed E-state index contributed by atoms with van der Waals surface area (Å²) >= 11 is 0. The second-order valence-electron chi connectivity index (χ2n) is 8.16. The molecular weight excluding hydrogens is 408 g/mol. The molecule has 1 saturated carbocycles. The maximum absolute atomic E-state index is 12.4. The molecule has 4 rings (SSSR count). The first kappa shape index (κ1) is 21.6. The lowest BCUT2D eigenvalue weighted by Gasteiger charge is -2.17. The van der Waals surface area contributed by atoms with E-state index in [-0.39, 0.29) is 36.9 Å². The average Bonchev–Trinajstić information content (AvgIpc) is 3.38. The average molecular weight is 434 g/mol. The van der Waals surface area contributed by atoms with Crippen molar-refractivity contribution in [2.24, 2.45) is 5.92 Å². The second-order valence-corrected chi connectivity index (χ2v) is 8.16. The van der Waals surface area contributed by atoms with Gasteiger partial charge in [0.05, 0.1) is 0 Å². The largest absolute Gasteiger partial charge is 0.478 e. The third-order valence-electron chi connectivity index (χ3n) is 6.12. The van der Waals surface area contributed by atoms with Gasteiger partial charge in [0.15, 0.2) is 0 Å². The Labute approximate surface area is 186 Å². The molecule has 0 bridgehead atoms. The van der Waals surface area contributed by atoms with E-state index in [1.165, 1.54) is 17.2 Å². The quantitative estimate of drug-likeness (QED) is 0.579. The third kappa shape index (κ3) is 4.82. The van der Waals surface area contributed by atoms with Crippen LogP contribution >= 0.6 is 0 Å². The van der Waals surface area contributed by atoms with Gasteiger partial charge in [-0.3, -0.25) is 4.79 Å². The Morgan fingerprint density at radius 1 is 1.00 bits per heavy atom. The van der Waals surface area contributed by atoms with Crippen molar-refractivity contribution in [3.63, 3.8) is 0 Å². The summed E-state index contributed by atoms with van der Waals surface area (Å²) in [5.41, 5.74) is 4.69. The number of benzene rings is 2. The summed E-state index contributed by atoms with van der Waals surface area (Å²) in [5, 5.41) is 14.2. The second kappa shape index (κ2) is 9.68. The number of carboxylic acids is 1. The normalized spacial score (nSPS) is 19.4. The van der Waals surface area contributed by atoms with Crippen LogP contribution in [0, 0.1) is 5.92 Å². The number of aliphatic carboxylic acids is 1. The van der Waals surface area contributed by atoms with Crippen LogP contribution in [0.15, 0.2) is 60.7 Å². The number of rotatable bonds is 7. The maximum atomic E-state index is 12.4. The Bertz CT molecular complexity index is 1000. The molecule has 7 heteroatoms. The van der Waals surface area contributed by atoms with Crippen LogP contribution in [0.2, 0.25) is 0 Å². The zero-order valence-electron chi connectivity index (χ0n) is 17.6. The molecule has 7 nitrogen and oxygen atoms in total. The van der Waals surface area contributed by atoms with E-state index < -0.39 is 12.1 Å². The maximum Gasteiger partial charge on any atom is 0.407 e. The number of hydrogen-bond donors (Lipinski definition) is 3. The molecule has 0 aromatic heterocycles. The van der Waals surface area contributed by atoms with E-state index in [1.54, 1.807) is 0 Å². The van der Waals surface area contributed by atoms with Gasteiger partial charge in [0.25, 0.3) is 0 Å². The molecule has 0 spiro atoms. The van der Waals surface area contributed by atoms with E-state index in [2.05, 4.69) is 34.9 Å². The number of amides is 2. The van der Waals surface area contributed by atoms with Crippen LogP contribution in [0.1, 0.15) is 36.3 Å². The first-order valence-electron chi connectivity index (χ1n) is 10.8. The van der Waals surface area contributed by atoms with E-state index in [4.69, 9.17) is 9.84 Å². The molecule has 2 atom stereocenters. The molecule has 2 aromatic rings. The fourth-order valence-electron chi connectivity index (χ4n) is 4.62. The first-order valence-corrected chi connectivity index (χ1v) is 10.8. The molecule has 0 radical (unpaired) electrons. The standard InChI is InChI=1S/C25H26N2O5/c28-23(29)10-5-13-26-24(30)16-11-12-17(14-16)27-25(31)32-15-22-20-8-3-1-6-18(20)19-7-2-4-9-21(19)22/h1-10,16-17,22H,11-15H2,(H,26,30)(H,27,31)(H,28,29)/b10-5+/t16-,17+/m1/s1. The van der Waals surface area contributed by atoms with Crippen LogP contribution < -0.4 is 10.6 Å². The number of nitrogens with one attached hydrogen (secondary N) is 2. The van der Waals surface area contributed by atoms with Gasteiger partial charge in [0, 0.05) is 30.5 Å². The zero-order valence-corrected chi connectivity index (χ0v) is 17.6. The minimum Gasteiger partial charge on any atom is -0.478 e. The molecule has 0 saturated heterocycles. The lowest BCUT2D eigenvalue weighted by atomic mass is 9.98. The predicted octanol–water partition coefficient (Wildman–Crippen LogP) is 3.45. The predicted molar refractivity (Wildman–Crippen MR) is 119 cm³/mol. The highest BCUT2D eigenvalue weighted by molar-refractivity contribution is 5.81. The fourth-order valence-corrected chi connectivity index (χ4v) is 4.62. The molecule has 3 N–H and O–H groups in total. The van der Waals surface area contributed by atoms with Crippen molar-refractivity contribution < 1.29 is 24.2 Å². The summed E-state index contributed by atoms with van der Waals surface area (Å²) < 4.78 is 5.58. The minimum atomic E-state index is -1.05. The van der Waals surface area contributed by atoms with Crippen LogP contribution in [-0.4, -0.2) is 42.3 Å². The van der Waals surface area contributed by atoms with Crippen LogP contribution in [0.25, 0.3) is 11.1 Å². The monoisotopic (exact) mass is 434 g/mol. The van der Waals surface area contributed by atoms with Crippen molar-refractivity contribution in [2.45, 2.75) is 31.2 Å². The summed E-state index contributed by atoms with van der Waals surface area (Å²) in [6.45, 7) is 0.429. The zero-order chi connectivity index (χ0) is 22.5. The number of ether oxygens (including phenoxy) is 1. The van der Waals surface area contributed by atoms with Crippen molar-refractivity contribution >= 4 is 18.0 Å². The molecule has 0 heterocycles. The molecule has 32 heavy (non-hydrogen) atoms. The van der Waals surface area contributed by atoms with E-state index in [9.17, 15) is 14.4 Å². The van der Waals surface area contributed by atoms with Crippen LogP contribution in [0.3, 0.4) is 0 Å². The van der Waals surface area contributed by atoms with Gasteiger partial charge in [-0.25, -0.2) is 9.59 Å². The van der Waals surface area contributed by atoms with E-state index in [0.717, 1.165) is 17.2 Å². The van der Waals surface area contributed by atoms with Gasteiger partial charge in [-0.1, -0.05) is 54.6 Å². The summed E-state index contributed by atoms with van der Waals surface area (Å²) in [6, 6.07) is 16.3. The molecule has 2 aromatic carbocycles. The summed E-state index contributed by atoms with van der Waals surface area (Å²) in [6.07, 6.45) is 3.83.